The van der Waals surface area contributed by atoms with Gasteiger partial charge in [-0.15, -0.1) is 0 Å². The molecule has 0 bridgehead atoms. The maximum atomic E-state index is 6.34. The average Bonchev–Trinajstić information content (AvgIpc) is 2.33. The van der Waals surface area contributed by atoms with E-state index >= 15 is 0 Å². The van der Waals surface area contributed by atoms with Gasteiger partial charge in [-0.2, -0.15) is 0 Å². The van der Waals surface area contributed by atoms with Crippen molar-refractivity contribution in [3.63, 3.8) is 0 Å². The van der Waals surface area contributed by atoms with Crippen LogP contribution in [0.2, 0.25) is 5.02 Å². The second-order valence-electron chi connectivity index (χ2n) is 7.55. The third-order valence-electron chi connectivity index (χ3n) is 3.71. The zero-order valence-corrected chi connectivity index (χ0v) is 14.7. The molecule has 0 aliphatic heterocycles. The molecule has 0 amide bonds. The number of nitrogens with zero attached hydrogens (tertiary/aromatic N) is 1. The van der Waals surface area contributed by atoms with E-state index in [0.29, 0.717) is 0 Å². The number of fused-ring (bicyclic) bond motifs is 1. The number of hydrogen-bond donors (Lipinski definition) is 0. The summed E-state index contributed by atoms with van der Waals surface area (Å²) in [7, 11) is 1.71. The Hall–Kier alpha value is -1.28. The van der Waals surface area contributed by atoms with Crippen molar-refractivity contribution >= 4 is 22.5 Å². The van der Waals surface area contributed by atoms with Crippen molar-refractivity contribution in [3.8, 4) is 5.75 Å². The molecule has 0 spiro atoms. The van der Waals surface area contributed by atoms with E-state index in [1.807, 2.05) is 18.3 Å². The molecule has 21 heavy (non-hydrogen) atoms. The number of ether oxygens (including phenoxy) is 1. The fourth-order valence-electron chi connectivity index (χ4n) is 2.57. The summed E-state index contributed by atoms with van der Waals surface area (Å²) >= 11 is 6.34. The standard InChI is InChI=1S/C18H24ClNO/c1-17(2,3)13-9-11(19)8-12-15(13)20-10-14(16(12)21-7)18(4,5)6/h8-10H,1-7H3. The Morgan fingerprint density at radius 1 is 0.952 bits per heavy atom. The smallest absolute Gasteiger partial charge is 0.133 e. The van der Waals surface area contributed by atoms with E-state index in [-0.39, 0.29) is 10.8 Å². The van der Waals surface area contributed by atoms with Gasteiger partial charge in [-0.3, -0.25) is 4.98 Å². The summed E-state index contributed by atoms with van der Waals surface area (Å²) in [6.07, 6.45) is 1.93. The quantitative estimate of drug-likeness (QED) is 0.695. The van der Waals surface area contributed by atoms with Crippen LogP contribution in [-0.2, 0) is 10.8 Å². The molecule has 0 saturated heterocycles. The van der Waals surface area contributed by atoms with E-state index in [0.717, 1.165) is 32.8 Å². The number of pyridine rings is 1. The van der Waals surface area contributed by atoms with Crippen LogP contribution < -0.4 is 4.74 Å². The number of rotatable bonds is 1. The van der Waals surface area contributed by atoms with Crippen molar-refractivity contribution in [3.05, 3.63) is 34.5 Å². The van der Waals surface area contributed by atoms with Gasteiger partial charge in [-0.05, 0) is 28.5 Å². The number of hydrogen-bond acceptors (Lipinski definition) is 2. The normalized spacial score (nSPS) is 12.8. The molecule has 0 unspecified atom stereocenters. The SMILES string of the molecule is COc1c(C(C)(C)C)cnc2c(C(C)(C)C)cc(Cl)cc12. The molecule has 2 rings (SSSR count). The first kappa shape index (κ1) is 16.1. The summed E-state index contributed by atoms with van der Waals surface area (Å²) in [6, 6.07) is 3.96. The molecule has 0 N–H and O–H groups in total. The van der Waals surface area contributed by atoms with Crippen molar-refractivity contribution < 1.29 is 4.74 Å². The lowest BCUT2D eigenvalue weighted by atomic mass is 9.83. The molecule has 1 heterocycles. The minimum absolute atomic E-state index is 0.0234. The van der Waals surface area contributed by atoms with E-state index in [1.165, 1.54) is 0 Å². The molecule has 0 aliphatic carbocycles. The van der Waals surface area contributed by atoms with Gasteiger partial charge >= 0.3 is 0 Å². The number of aromatic nitrogens is 1. The van der Waals surface area contributed by atoms with E-state index in [2.05, 4.69) is 41.5 Å². The van der Waals surface area contributed by atoms with Crippen molar-refractivity contribution in [1.82, 2.24) is 4.98 Å². The predicted octanol–water partition coefficient (Wildman–Crippen LogP) is 5.49. The van der Waals surface area contributed by atoms with Gasteiger partial charge in [0.25, 0.3) is 0 Å². The maximum Gasteiger partial charge on any atom is 0.133 e. The van der Waals surface area contributed by atoms with Gasteiger partial charge in [-0.25, -0.2) is 0 Å². The average molecular weight is 306 g/mol. The van der Waals surface area contributed by atoms with Gasteiger partial charge in [-0.1, -0.05) is 53.1 Å². The third kappa shape index (κ3) is 3.01. The Morgan fingerprint density at radius 3 is 2.00 bits per heavy atom. The highest BCUT2D eigenvalue weighted by molar-refractivity contribution is 6.31. The minimum Gasteiger partial charge on any atom is -0.496 e. The molecule has 1 aromatic heterocycles. The van der Waals surface area contributed by atoms with Crippen LogP contribution in [0.25, 0.3) is 10.9 Å². The monoisotopic (exact) mass is 305 g/mol. The first-order valence-corrected chi connectivity index (χ1v) is 7.60. The molecule has 0 aliphatic rings. The van der Waals surface area contributed by atoms with Crippen LogP contribution in [-0.4, -0.2) is 12.1 Å². The first-order chi connectivity index (χ1) is 9.55. The molecule has 0 fully saturated rings. The highest BCUT2D eigenvalue weighted by Crippen LogP contribution is 2.40. The Balaban J connectivity index is 2.92. The largest absolute Gasteiger partial charge is 0.496 e. The van der Waals surface area contributed by atoms with Crippen molar-refractivity contribution in [2.75, 3.05) is 7.11 Å². The van der Waals surface area contributed by atoms with Crippen LogP contribution in [0, 0.1) is 0 Å². The molecule has 1 aromatic carbocycles. The van der Waals surface area contributed by atoms with E-state index in [4.69, 9.17) is 21.3 Å². The zero-order chi connectivity index (χ0) is 16.0. The fraction of sp³-hybridized carbons (Fsp3) is 0.500. The van der Waals surface area contributed by atoms with Gasteiger partial charge in [0.05, 0.1) is 12.6 Å². The van der Waals surface area contributed by atoms with Crippen LogP contribution in [0.5, 0.6) is 5.75 Å². The van der Waals surface area contributed by atoms with Gasteiger partial charge in [0.15, 0.2) is 0 Å². The lowest BCUT2D eigenvalue weighted by Crippen LogP contribution is -2.16. The number of halogens is 1. The van der Waals surface area contributed by atoms with Gasteiger partial charge < -0.3 is 4.74 Å². The molecule has 2 nitrogen and oxygen atoms in total. The predicted molar refractivity (Wildman–Crippen MR) is 90.7 cm³/mol. The van der Waals surface area contributed by atoms with E-state index in [9.17, 15) is 0 Å². The summed E-state index contributed by atoms with van der Waals surface area (Å²) in [5.74, 6) is 0.875. The molecule has 0 radical (unpaired) electrons. The van der Waals surface area contributed by atoms with Crippen LogP contribution in [0.4, 0.5) is 0 Å². The number of methoxy groups -OCH3 is 1. The first-order valence-electron chi connectivity index (χ1n) is 7.23. The topological polar surface area (TPSA) is 22.1 Å². The molecular weight excluding hydrogens is 282 g/mol. The fourth-order valence-corrected chi connectivity index (χ4v) is 2.79. The second-order valence-corrected chi connectivity index (χ2v) is 7.99. The summed E-state index contributed by atoms with van der Waals surface area (Å²) in [5.41, 5.74) is 3.15. The Labute approximate surface area is 132 Å². The van der Waals surface area contributed by atoms with Crippen LogP contribution in [0.1, 0.15) is 52.7 Å². The second kappa shape index (κ2) is 5.17. The Morgan fingerprint density at radius 2 is 1.52 bits per heavy atom. The molecule has 0 saturated carbocycles. The van der Waals surface area contributed by atoms with Gasteiger partial charge in [0.2, 0.25) is 0 Å². The van der Waals surface area contributed by atoms with Crippen LogP contribution >= 0.6 is 11.6 Å². The van der Waals surface area contributed by atoms with E-state index < -0.39 is 0 Å². The molecule has 3 heteroatoms. The molecule has 2 aromatic rings. The zero-order valence-electron chi connectivity index (χ0n) is 14.0. The van der Waals surface area contributed by atoms with Crippen molar-refractivity contribution in [2.24, 2.45) is 0 Å². The third-order valence-corrected chi connectivity index (χ3v) is 3.93. The highest BCUT2D eigenvalue weighted by atomic mass is 35.5. The number of benzene rings is 1. The summed E-state index contributed by atoms with van der Waals surface area (Å²) < 4.78 is 5.71. The van der Waals surface area contributed by atoms with Crippen LogP contribution in [0.15, 0.2) is 18.3 Å². The molecule has 114 valence electrons. The lowest BCUT2D eigenvalue weighted by molar-refractivity contribution is 0.402. The molecular formula is C18H24ClNO. The maximum absolute atomic E-state index is 6.34. The molecule has 0 atom stereocenters. The van der Waals surface area contributed by atoms with Crippen LogP contribution in [0.3, 0.4) is 0 Å². The Bertz CT molecular complexity index is 678. The summed E-state index contributed by atoms with van der Waals surface area (Å²) in [5, 5.41) is 1.71. The van der Waals surface area contributed by atoms with Gasteiger partial charge in [0, 0.05) is 22.2 Å². The summed E-state index contributed by atoms with van der Waals surface area (Å²) in [4.78, 5) is 4.73. The van der Waals surface area contributed by atoms with Gasteiger partial charge in [0.1, 0.15) is 5.75 Å². The lowest BCUT2D eigenvalue weighted by Gasteiger charge is -2.25. The van der Waals surface area contributed by atoms with Crippen molar-refractivity contribution in [1.29, 1.82) is 0 Å². The highest BCUT2D eigenvalue weighted by Gasteiger charge is 2.25. The van der Waals surface area contributed by atoms with E-state index in [1.54, 1.807) is 7.11 Å². The Kier molecular flexibility index (Phi) is 3.96. The summed E-state index contributed by atoms with van der Waals surface area (Å²) in [6.45, 7) is 13.0. The minimum atomic E-state index is -0.0310. The van der Waals surface area contributed by atoms with Crippen molar-refractivity contribution in [2.45, 2.75) is 52.4 Å².